The average Bonchev–Trinajstić information content (AvgIpc) is 2.99. The highest BCUT2D eigenvalue weighted by Crippen LogP contribution is 2.25. The van der Waals surface area contributed by atoms with Crippen molar-refractivity contribution in [3.63, 3.8) is 0 Å². The topological polar surface area (TPSA) is 82.0 Å². The molecule has 0 saturated heterocycles. The van der Waals surface area contributed by atoms with Crippen LogP contribution >= 0.6 is 11.3 Å². The zero-order chi connectivity index (χ0) is 13.2. The molecule has 0 amide bonds. The van der Waals surface area contributed by atoms with Crippen molar-refractivity contribution < 1.29 is 0 Å². The van der Waals surface area contributed by atoms with Crippen molar-refractivity contribution >= 4 is 16.3 Å². The first-order valence-electron chi connectivity index (χ1n) is 6.17. The van der Waals surface area contributed by atoms with Crippen molar-refractivity contribution in [2.75, 3.05) is 0 Å². The average molecular weight is 274 g/mol. The van der Waals surface area contributed by atoms with Gasteiger partial charge >= 0.3 is 0 Å². The Labute approximate surface area is 114 Å². The maximum absolute atomic E-state index is 6.09. The molecule has 6 nitrogen and oxygen atoms in total. The lowest BCUT2D eigenvalue weighted by molar-refractivity contribution is 0.624. The first kappa shape index (κ1) is 12.2. The summed E-state index contributed by atoms with van der Waals surface area (Å²) in [7, 11) is 0. The van der Waals surface area contributed by atoms with Crippen molar-refractivity contribution in [3.05, 3.63) is 29.5 Å². The predicted octanol–water partition coefficient (Wildman–Crippen LogP) is 2.05. The van der Waals surface area contributed by atoms with E-state index in [4.69, 9.17) is 5.73 Å². The van der Waals surface area contributed by atoms with Crippen molar-refractivity contribution in [1.82, 2.24) is 24.8 Å². The van der Waals surface area contributed by atoms with Gasteiger partial charge in [-0.25, -0.2) is 0 Å². The van der Waals surface area contributed by atoms with Crippen LogP contribution in [0.5, 0.6) is 0 Å². The SMILES string of the molecule is CCCC(N)c1nn2c(-c3cccnc3)nnc2s1. The molecule has 3 rings (SSSR count). The third kappa shape index (κ3) is 2.22. The molecular formula is C12H14N6S. The Hall–Kier alpha value is -1.86. The van der Waals surface area contributed by atoms with E-state index in [1.54, 1.807) is 16.9 Å². The quantitative estimate of drug-likeness (QED) is 0.787. The summed E-state index contributed by atoms with van der Waals surface area (Å²) >= 11 is 1.49. The third-order valence-electron chi connectivity index (χ3n) is 2.84. The molecule has 3 aromatic rings. The normalized spacial score (nSPS) is 12.9. The van der Waals surface area contributed by atoms with Gasteiger partial charge in [0.15, 0.2) is 5.82 Å². The Morgan fingerprint density at radius 3 is 3.05 bits per heavy atom. The number of rotatable bonds is 4. The summed E-state index contributed by atoms with van der Waals surface area (Å²) in [4.78, 5) is 4.85. The zero-order valence-corrected chi connectivity index (χ0v) is 11.3. The van der Waals surface area contributed by atoms with E-state index in [0.29, 0.717) is 5.82 Å². The molecule has 1 unspecified atom stereocenters. The molecule has 2 N–H and O–H groups in total. The summed E-state index contributed by atoms with van der Waals surface area (Å²) in [5.74, 6) is 0.703. The zero-order valence-electron chi connectivity index (χ0n) is 10.5. The van der Waals surface area contributed by atoms with E-state index in [1.165, 1.54) is 11.3 Å². The molecule has 7 heteroatoms. The number of pyridine rings is 1. The highest BCUT2D eigenvalue weighted by atomic mass is 32.1. The number of hydrogen-bond donors (Lipinski definition) is 1. The summed E-state index contributed by atoms with van der Waals surface area (Å²) in [5, 5.41) is 13.7. The van der Waals surface area contributed by atoms with Crippen LogP contribution in [0.4, 0.5) is 0 Å². The molecular weight excluding hydrogens is 260 g/mol. The van der Waals surface area contributed by atoms with Crippen LogP contribution in [-0.2, 0) is 0 Å². The Morgan fingerprint density at radius 2 is 2.32 bits per heavy atom. The second-order valence-electron chi connectivity index (χ2n) is 4.30. The van der Waals surface area contributed by atoms with Gasteiger partial charge in [-0.15, -0.1) is 10.2 Å². The molecule has 0 fully saturated rings. The van der Waals surface area contributed by atoms with Gasteiger partial charge in [-0.2, -0.15) is 9.61 Å². The fourth-order valence-electron chi connectivity index (χ4n) is 1.89. The minimum Gasteiger partial charge on any atom is -0.322 e. The van der Waals surface area contributed by atoms with Gasteiger partial charge in [-0.1, -0.05) is 24.7 Å². The molecule has 0 aliphatic carbocycles. The maximum atomic E-state index is 6.09. The summed E-state index contributed by atoms with van der Waals surface area (Å²) in [6, 6.07) is 3.78. The minimum absolute atomic E-state index is 0.0292. The number of nitrogens with zero attached hydrogens (tertiary/aromatic N) is 5. The van der Waals surface area contributed by atoms with E-state index in [1.807, 2.05) is 12.1 Å². The summed E-state index contributed by atoms with van der Waals surface area (Å²) in [6.07, 6.45) is 5.44. The molecule has 0 radical (unpaired) electrons. The lowest BCUT2D eigenvalue weighted by atomic mass is 10.2. The van der Waals surface area contributed by atoms with Crippen LogP contribution in [0, 0.1) is 0 Å². The van der Waals surface area contributed by atoms with Gasteiger partial charge in [-0.05, 0) is 18.6 Å². The summed E-state index contributed by atoms with van der Waals surface area (Å²) < 4.78 is 1.74. The summed E-state index contributed by atoms with van der Waals surface area (Å²) in [6.45, 7) is 2.11. The standard InChI is InChI=1S/C12H14N6S/c1-2-4-9(13)11-17-18-10(15-16-12(18)19-11)8-5-3-6-14-7-8/h3,5-7,9H,2,4,13H2,1H3. The van der Waals surface area contributed by atoms with Crippen LogP contribution in [0.15, 0.2) is 24.5 Å². The predicted molar refractivity (Wildman–Crippen MR) is 73.7 cm³/mol. The van der Waals surface area contributed by atoms with Crippen LogP contribution in [0.1, 0.15) is 30.8 Å². The van der Waals surface area contributed by atoms with Gasteiger partial charge in [0.2, 0.25) is 4.96 Å². The van der Waals surface area contributed by atoms with Gasteiger partial charge in [0.25, 0.3) is 0 Å². The molecule has 0 aromatic carbocycles. The smallest absolute Gasteiger partial charge is 0.235 e. The van der Waals surface area contributed by atoms with Crippen LogP contribution in [-0.4, -0.2) is 24.8 Å². The second-order valence-corrected chi connectivity index (χ2v) is 5.28. The number of nitrogens with two attached hydrogens (primary N) is 1. The first-order chi connectivity index (χ1) is 9.29. The Morgan fingerprint density at radius 1 is 1.42 bits per heavy atom. The second kappa shape index (κ2) is 5.02. The van der Waals surface area contributed by atoms with E-state index in [-0.39, 0.29) is 6.04 Å². The first-order valence-corrected chi connectivity index (χ1v) is 6.99. The third-order valence-corrected chi connectivity index (χ3v) is 3.87. The van der Waals surface area contributed by atoms with Crippen molar-refractivity contribution in [1.29, 1.82) is 0 Å². The number of fused-ring (bicyclic) bond motifs is 1. The Kier molecular flexibility index (Phi) is 3.22. The lowest BCUT2D eigenvalue weighted by Gasteiger charge is -2.04. The molecule has 0 spiro atoms. The van der Waals surface area contributed by atoms with E-state index in [0.717, 1.165) is 28.4 Å². The van der Waals surface area contributed by atoms with Crippen LogP contribution in [0.2, 0.25) is 0 Å². The molecule has 1 atom stereocenters. The van der Waals surface area contributed by atoms with E-state index < -0.39 is 0 Å². The van der Waals surface area contributed by atoms with Crippen molar-refractivity contribution in [2.45, 2.75) is 25.8 Å². The van der Waals surface area contributed by atoms with Crippen LogP contribution in [0.25, 0.3) is 16.3 Å². The molecule has 98 valence electrons. The highest BCUT2D eigenvalue weighted by Gasteiger charge is 2.16. The molecule has 0 bridgehead atoms. The van der Waals surface area contributed by atoms with E-state index in [9.17, 15) is 0 Å². The maximum Gasteiger partial charge on any atom is 0.235 e. The van der Waals surface area contributed by atoms with E-state index >= 15 is 0 Å². The van der Waals surface area contributed by atoms with Gasteiger partial charge in [-0.3, -0.25) is 4.98 Å². The highest BCUT2D eigenvalue weighted by molar-refractivity contribution is 7.16. The fraction of sp³-hybridized carbons (Fsp3) is 0.333. The summed E-state index contributed by atoms with van der Waals surface area (Å²) in [5.41, 5.74) is 6.99. The van der Waals surface area contributed by atoms with Crippen molar-refractivity contribution in [3.8, 4) is 11.4 Å². The Balaban J connectivity index is 2.03. The monoisotopic (exact) mass is 274 g/mol. The lowest BCUT2D eigenvalue weighted by Crippen LogP contribution is -2.09. The molecule has 3 heterocycles. The van der Waals surface area contributed by atoms with Crippen LogP contribution < -0.4 is 5.73 Å². The molecule has 0 saturated carbocycles. The minimum atomic E-state index is -0.0292. The molecule has 3 aromatic heterocycles. The van der Waals surface area contributed by atoms with Gasteiger partial charge in [0.05, 0.1) is 6.04 Å². The van der Waals surface area contributed by atoms with Gasteiger partial charge in [0, 0.05) is 18.0 Å². The fourth-order valence-corrected chi connectivity index (χ4v) is 2.77. The Bertz CT molecular complexity index is 674. The van der Waals surface area contributed by atoms with Gasteiger partial charge in [0.1, 0.15) is 5.01 Å². The van der Waals surface area contributed by atoms with Crippen LogP contribution in [0.3, 0.4) is 0 Å². The molecule has 0 aliphatic heterocycles. The van der Waals surface area contributed by atoms with E-state index in [2.05, 4.69) is 27.2 Å². The van der Waals surface area contributed by atoms with Gasteiger partial charge < -0.3 is 5.73 Å². The number of aromatic nitrogens is 5. The number of hydrogen-bond acceptors (Lipinski definition) is 6. The molecule has 0 aliphatic rings. The van der Waals surface area contributed by atoms with Crippen molar-refractivity contribution in [2.24, 2.45) is 5.73 Å². The largest absolute Gasteiger partial charge is 0.322 e. The molecule has 19 heavy (non-hydrogen) atoms.